The number of anilines is 1. The zero-order valence-electron chi connectivity index (χ0n) is 11.3. The van der Waals surface area contributed by atoms with Gasteiger partial charge in [-0.2, -0.15) is 0 Å². The number of nitrogens with one attached hydrogen (secondary N) is 1. The van der Waals surface area contributed by atoms with Crippen LogP contribution in [0.15, 0.2) is 39.5 Å². The molecule has 0 saturated carbocycles. The van der Waals surface area contributed by atoms with Crippen molar-refractivity contribution in [3.8, 4) is 11.5 Å². The van der Waals surface area contributed by atoms with Gasteiger partial charge in [-0.05, 0) is 56.1 Å². The first-order chi connectivity index (χ1) is 10.1. The van der Waals surface area contributed by atoms with Gasteiger partial charge in [-0.25, -0.2) is 4.98 Å². The molecule has 0 aliphatic carbocycles. The number of hydrogen-bond acceptors (Lipinski definition) is 4. The minimum atomic E-state index is -0.284. The van der Waals surface area contributed by atoms with E-state index in [9.17, 15) is 4.79 Å². The summed E-state index contributed by atoms with van der Waals surface area (Å²) in [5, 5.41) is 2.77. The monoisotopic (exact) mass is 414 g/mol. The van der Waals surface area contributed by atoms with E-state index in [1.807, 2.05) is 0 Å². The van der Waals surface area contributed by atoms with Crippen molar-refractivity contribution in [2.75, 3.05) is 19.5 Å². The van der Waals surface area contributed by atoms with E-state index in [1.54, 1.807) is 30.5 Å². The number of amides is 1. The number of ether oxygens (including phenoxy) is 2. The molecule has 0 saturated heterocycles. The van der Waals surface area contributed by atoms with Crippen LogP contribution in [0.2, 0.25) is 0 Å². The Morgan fingerprint density at radius 2 is 1.81 bits per heavy atom. The quantitative estimate of drug-likeness (QED) is 0.770. The van der Waals surface area contributed by atoms with Crippen LogP contribution in [0.5, 0.6) is 11.5 Å². The second kappa shape index (κ2) is 6.91. The van der Waals surface area contributed by atoms with E-state index in [1.165, 1.54) is 14.2 Å². The van der Waals surface area contributed by atoms with Crippen molar-refractivity contribution in [1.29, 1.82) is 0 Å². The maximum atomic E-state index is 12.3. The fourth-order valence-corrected chi connectivity index (χ4v) is 2.58. The largest absolute Gasteiger partial charge is 0.495 e. The summed E-state index contributed by atoms with van der Waals surface area (Å²) in [6, 6.07) is 6.75. The topological polar surface area (TPSA) is 60.5 Å². The third-order valence-electron chi connectivity index (χ3n) is 2.72. The predicted octanol–water partition coefficient (Wildman–Crippen LogP) is 3.88. The first-order valence-electron chi connectivity index (χ1n) is 5.90. The van der Waals surface area contributed by atoms with Gasteiger partial charge in [0.2, 0.25) is 0 Å². The molecule has 0 radical (unpaired) electrons. The average molecular weight is 416 g/mol. The molecule has 1 aromatic carbocycles. The number of rotatable bonds is 4. The number of hydrogen-bond donors (Lipinski definition) is 1. The number of pyridine rings is 1. The lowest BCUT2D eigenvalue weighted by molar-refractivity contribution is 0.102. The lowest BCUT2D eigenvalue weighted by atomic mass is 10.2. The number of methoxy groups -OCH3 is 2. The fraction of sp³-hybridized carbons (Fsp3) is 0.143. The predicted molar refractivity (Wildman–Crippen MR) is 87.1 cm³/mol. The van der Waals surface area contributed by atoms with Gasteiger partial charge in [0.15, 0.2) is 0 Å². The molecule has 0 fully saturated rings. The third kappa shape index (κ3) is 3.54. The molecule has 0 spiro atoms. The van der Waals surface area contributed by atoms with Crippen LogP contribution in [0.4, 0.5) is 5.69 Å². The Morgan fingerprint density at radius 1 is 1.19 bits per heavy atom. The van der Waals surface area contributed by atoms with Gasteiger partial charge in [0, 0.05) is 11.8 Å². The van der Waals surface area contributed by atoms with Crippen molar-refractivity contribution in [1.82, 2.24) is 4.98 Å². The minimum Gasteiger partial charge on any atom is -0.495 e. The zero-order chi connectivity index (χ0) is 15.4. The molecule has 0 aliphatic rings. The number of carbonyl (C=O) groups excluding carboxylic acids is 1. The Morgan fingerprint density at radius 3 is 2.33 bits per heavy atom. The minimum absolute atomic E-state index is 0.284. The molecule has 0 atom stereocenters. The molecule has 1 aromatic heterocycles. The normalized spacial score (nSPS) is 10.1. The summed E-state index contributed by atoms with van der Waals surface area (Å²) >= 11 is 6.65. The van der Waals surface area contributed by atoms with Gasteiger partial charge in [0.05, 0.1) is 19.9 Å². The Kier molecular flexibility index (Phi) is 5.19. The summed E-state index contributed by atoms with van der Waals surface area (Å²) in [4.78, 5) is 16.4. The van der Waals surface area contributed by atoms with Crippen LogP contribution < -0.4 is 14.8 Å². The second-order valence-corrected chi connectivity index (χ2v) is 5.53. The van der Waals surface area contributed by atoms with Crippen LogP contribution in [-0.4, -0.2) is 25.1 Å². The second-order valence-electron chi connectivity index (χ2n) is 3.99. The van der Waals surface area contributed by atoms with Gasteiger partial charge in [-0.3, -0.25) is 4.79 Å². The van der Waals surface area contributed by atoms with E-state index in [4.69, 9.17) is 9.47 Å². The van der Waals surface area contributed by atoms with Crippen molar-refractivity contribution in [3.63, 3.8) is 0 Å². The molecule has 5 nitrogen and oxygen atoms in total. The molecule has 7 heteroatoms. The van der Waals surface area contributed by atoms with E-state index < -0.39 is 0 Å². The van der Waals surface area contributed by atoms with Gasteiger partial charge in [-0.1, -0.05) is 0 Å². The van der Waals surface area contributed by atoms with Gasteiger partial charge >= 0.3 is 0 Å². The van der Waals surface area contributed by atoms with Crippen LogP contribution in [0.25, 0.3) is 0 Å². The van der Waals surface area contributed by atoms with E-state index >= 15 is 0 Å². The highest BCUT2D eigenvalue weighted by Gasteiger charge is 2.15. The fourth-order valence-electron chi connectivity index (χ4n) is 1.67. The molecule has 0 unspecified atom stereocenters. The molecular weight excluding hydrogens is 404 g/mol. The van der Waals surface area contributed by atoms with Crippen molar-refractivity contribution in [2.45, 2.75) is 0 Å². The van der Waals surface area contributed by atoms with Gasteiger partial charge in [0.25, 0.3) is 5.91 Å². The van der Waals surface area contributed by atoms with E-state index in [-0.39, 0.29) is 5.91 Å². The molecule has 1 amide bonds. The summed E-state index contributed by atoms with van der Waals surface area (Å²) < 4.78 is 11.7. The smallest absolute Gasteiger partial charge is 0.256 e. The molecule has 110 valence electrons. The molecule has 0 aliphatic heterocycles. The molecule has 1 N–H and O–H groups in total. The molecule has 2 aromatic rings. The Bertz CT molecular complexity index is 652. The van der Waals surface area contributed by atoms with Gasteiger partial charge in [0.1, 0.15) is 20.6 Å². The van der Waals surface area contributed by atoms with Crippen molar-refractivity contribution < 1.29 is 14.3 Å². The van der Waals surface area contributed by atoms with Crippen LogP contribution in [0, 0.1) is 0 Å². The van der Waals surface area contributed by atoms with E-state index in [0.717, 1.165) is 0 Å². The van der Waals surface area contributed by atoms with Crippen LogP contribution in [-0.2, 0) is 0 Å². The van der Waals surface area contributed by atoms with Gasteiger partial charge < -0.3 is 14.8 Å². The highest BCUT2D eigenvalue weighted by Crippen LogP contribution is 2.35. The Labute approximate surface area is 138 Å². The molecule has 21 heavy (non-hydrogen) atoms. The zero-order valence-corrected chi connectivity index (χ0v) is 14.5. The SMILES string of the molecule is COc1cc(C(=O)Nc2cccnc2Br)cc(OC)c1Br. The first kappa shape index (κ1) is 15.8. The first-order valence-corrected chi connectivity index (χ1v) is 7.48. The van der Waals surface area contributed by atoms with Crippen LogP contribution in [0.1, 0.15) is 10.4 Å². The summed E-state index contributed by atoms with van der Waals surface area (Å²) in [6.45, 7) is 0. The summed E-state index contributed by atoms with van der Waals surface area (Å²) in [5.74, 6) is 0.752. The maximum absolute atomic E-state index is 12.3. The third-order valence-corrected chi connectivity index (χ3v) is 4.13. The highest BCUT2D eigenvalue weighted by molar-refractivity contribution is 9.11. The van der Waals surface area contributed by atoms with Crippen LogP contribution >= 0.6 is 31.9 Å². The number of benzene rings is 1. The molecule has 1 heterocycles. The van der Waals surface area contributed by atoms with Crippen LogP contribution in [0.3, 0.4) is 0 Å². The molecule has 0 bridgehead atoms. The van der Waals surface area contributed by atoms with Crippen molar-refractivity contribution >= 4 is 43.5 Å². The number of carbonyl (C=O) groups is 1. The Balaban J connectivity index is 2.33. The summed E-state index contributed by atoms with van der Waals surface area (Å²) in [6.07, 6.45) is 1.63. The molecule has 2 rings (SSSR count). The Hall–Kier alpha value is -1.60. The lowest BCUT2D eigenvalue weighted by Crippen LogP contribution is -2.13. The molecular formula is C14H12Br2N2O3. The lowest BCUT2D eigenvalue weighted by Gasteiger charge is -2.12. The summed E-state index contributed by atoms with van der Waals surface area (Å²) in [7, 11) is 3.05. The standard InChI is InChI=1S/C14H12Br2N2O3/c1-20-10-6-8(7-11(21-2)12(10)15)14(19)18-9-4-3-5-17-13(9)16/h3-7H,1-2H3,(H,18,19). The van der Waals surface area contributed by atoms with Crippen molar-refractivity contribution in [3.05, 3.63) is 45.1 Å². The van der Waals surface area contributed by atoms with Crippen molar-refractivity contribution in [2.24, 2.45) is 0 Å². The summed E-state index contributed by atoms with van der Waals surface area (Å²) in [5.41, 5.74) is 1.01. The number of halogens is 2. The number of aromatic nitrogens is 1. The average Bonchev–Trinajstić information content (AvgIpc) is 2.49. The van der Waals surface area contributed by atoms with E-state index in [0.29, 0.717) is 31.8 Å². The van der Waals surface area contributed by atoms with Gasteiger partial charge in [-0.15, -0.1) is 0 Å². The highest BCUT2D eigenvalue weighted by atomic mass is 79.9. The number of nitrogens with zero attached hydrogens (tertiary/aromatic N) is 1. The maximum Gasteiger partial charge on any atom is 0.256 e. The van der Waals surface area contributed by atoms with E-state index in [2.05, 4.69) is 42.2 Å².